The van der Waals surface area contributed by atoms with Gasteiger partial charge in [-0.15, -0.1) is 0 Å². The van der Waals surface area contributed by atoms with Gasteiger partial charge < -0.3 is 5.32 Å². The van der Waals surface area contributed by atoms with E-state index < -0.39 is 0 Å². The molecule has 0 aliphatic carbocycles. The summed E-state index contributed by atoms with van der Waals surface area (Å²) in [6.07, 6.45) is 1.69. The molecule has 4 rings (SSSR count). The van der Waals surface area contributed by atoms with Gasteiger partial charge in [-0.2, -0.15) is 0 Å². The van der Waals surface area contributed by atoms with Crippen molar-refractivity contribution in [3.05, 3.63) is 86.1 Å². The molecular formula is C24H21ClN4O3S2. The van der Waals surface area contributed by atoms with Crippen molar-refractivity contribution < 1.29 is 9.59 Å². The van der Waals surface area contributed by atoms with E-state index in [4.69, 9.17) is 23.8 Å². The van der Waals surface area contributed by atoms with E-state index in [1.165, 1.54) is 21.3 Å². The van der Waals surface area contributed by atoms with Gasteiger partial charge in [0, 0.05) is 25.0 Å². The quantitative estimate of drug-likeness (QED) is 0.392. The Bertz CT molecular complexity index is 1380. The Labute approximate surface area is 211 Å². The topological polar surface area (TPSA) is 76.3 Å². The first-order valence-electron chi connectivity index (χ1n) is 10.4. The molecule has 1 aliphatic heterocycles. The second-order valence-electron chi connectivity index (χ2n) is 7.59. The van der Waals surface area contributed by atoms with E-state index in [-0.39, 0.29) is 36.0 Å². The van der Waals surface area contributed by atoms with Crippen LogP contribution in [-0.4, -0.2) is 36.9 Å². The van der Waals surface area contributed by atoms with Crippen LogP contribution in [0.2, 0.25) is 5.02 Å². The Morgan fingerprint density at radius 2 is 1.79 bits per heavy atom. The number of nitrogens with zero attached hydrogens (tertiary/aromatic N) is 3. The standard InChI is InChI=1S/C24H21ClN4O3S2/c1-15-21(23(32)29(27(15)2)17-9-4-3-5-10-17)26-20(30)12-13-28-22(31)19(34-24(28)33)14-16-8-6-7-11-18(16)25/h3-11,14H,12-13H2,1-2H3,(H,26,30)/b19-14-. The van der Waals surface area contributed by atoms with Crippen LogP contribution in [0.1, 0.15) is 17.7 Å². The predicted octanol–water partition coefficient (Wildman–Crippen LogP) is 4.37. The van der Waals surface area contributed by atoms with E-state index >= 15 is 0 Å². The van der Waals surface area contributed by atoms with E-state index in [0.29, 0.717) is 25.6 Å². The molecule has 10 heteroatoms. The molecule has 2 heterocycles. The maximum Gasteiger partial charge on any atom is 0.295 e. The number of nitrogens with one attached hydrogen (secondary N) is 1. The summed E-state index contributed by atoms with van der Waals surface area (Å²) >= 11 is 12.7. The molecule has 2 aromatic carbocycles. The number of thioether (sulfide) groups is 1. The molecule has 0 unspecified atom stereocenters. The molecule has 7 nitrogen and oxygen atoms in total. The van der Waals surface area contributed by atoms with E-state index in [1.54, 1.807) is 30.8 Å². The Balaban J connectivity index is 1.45. The van der Waals surface area contributed by atoms with Crippen LogP contribution in [0, 0.1) is 6.92 Å². The minimum Gasteiger partial charge on any atom is -0.320 e. The summed E-state index contributed by atoms with van der Waals surface area (Å²) in [6.45, 7) is 1.87. The third-order valence-corrected chi connectivity index (χ3v) is 7.17. The van der Waals surface area contributed by atoms with Gasteiger partial charge in [-0.05, 0) is 36.8 Å². The Morgan fingerprint density at radius 1 is 1.12 bits per heavy atom. The van der Waals surface area contributed by atoms with E-state index in [0.717, 1.165) is 5.56 Å². The molecule has 3 aromatic rings. The molecule has 0 bridgehead atoms. The van der Waals surface area contributed by atoms with Gasteiger partial charge in [0.2, 0.25) is 5.91 Å². The number of hydrogen-bond donors (Lipinski definition) is 1. The molecule has 1 aliphatic rings. The lowest BCUT2D eigenvalue weighted by molar-refractivity contribution is -0.122. The lowest BCUT2D eigenvalue weighted by Crippen LogP contribution is -2.32. The molecule has 0 atom stereocenters. The molecule has 2 amide bonds. The monoisotopic (exact) mass is 512 g/mol. The van der Waals surface area contributed by atoms with Crippen LogP contribution in [0.15, 0.2) is 64.3 Å². The molecule has 0 saturated carbocycles. The average Bonchev–Trinajstić information content (AvgIpc) is 3.20. The predicted molar refractivity (Wildman–Crippen MR) is 140 cm³/mol. The molecule has 0 spiro atoms. The second-order valence-corrected chi connectivity index (χ2v) is 9.67. The lowest BCUT2D eigenvalue weighted by atomic mass is 10.2. The van der Waals surface area contributed by atoms with Crippen LogP contribution in [0.3, 0.4) is 0 Å². The van der Waals surface area contributed by atoms with E-state index in [9.17, 15) is 14.4 Å². The average molecular weight is 513 g/mol. The van der Waals surface area contributed by atoms with Gasteiger partial charge in [-0.25, -0.2) is 4.68 Å². The highest BCUT2D eigenvalue weighted by atomic mass is 35.5. The summed E-state index contributed by atoms with van der Waals surface area (Å²) in [4.78, 5) is 40.3. The number of anilines is 1. The van der Waals surface area contributed by atoms with Crippen molar-refractivity contribution in [1.29, 1.82) is 0 Å². The Hall–Kier alpha value is -3.14. The van der Waals surface area contributed by atoms with Crippen molar-refractivity contribution in [2.75, 3.05) is 11.9 Å². The fourth-order valence-corrected chi connectivity index (χ4v) is 5.04. The number of carbonyl (C=O) groups excluding carboxylic acids is 2. The molecule has 1 saturated heterocycles. The van der Waals surface area contributed by atoms with Gasteiger partial charge in [0.05, 0.1) is 16.3 Å². The third kappa shape index (κ3) is 4.72. The fraction of sp³-hybridized carbons (Fsp3) is 0.167. The summed E-state index contributed by atoms with van der Waals surface area (Å²) < 4.78 is 3.56. The van der Waals surface area contributed by atoms with Crippen molar-refractivity contribution in [3.8, 4) is 5.69 Å². The zero-order valence-corrected chi connectivity index (χ0v) is 20.8. The minimum atomic E-state index is -0.379. The second kappa shape index (κ2) is 10.0. The Kier molecular flexibility index (Phi) is 7.06. The van der Waals surface area contributed by atoms with E-state index in [1.807, 2.05) is 48.5 Å². The first kappa shape index (κ1) is 24.0. The van der Waals surface area contributed by atoms with Crippen LogP contribution in [0.5, 0.6) is 0 Å². The first-order chi connectivity index (χ1) is 16.3. The summed E-state index contributed by atoms with van der Waals surface area (Å²) in [6, 6.07) is 16.4. The zero-order valence-electron chi connectivity index (χ0n) is 18.4. The van der Waals surface area contributed by atoms with Gasteiger partial charge in [0.15, 0.2) is 0 Å². The molecule has 174 valence electrons. The minimum absolute atomic E-state index is 0.00900. The van der Waals surface area contributed by atoms with Crippen LogP contribution in [-0.2, 0) is 16.6 Å². The SMILES string of the molecule is Cc1c(NC(=O)CCN2C(=O)/C(=C/c3ccccc3Cl)SC2=S)c(=O)n(-c2ccccc2)n1C. The van der Waals surface area contributed by atoms with Gasteiger partial charge in [-0.3, -0.25) is 24.0 Å². The smallest absolute Gasteiger partial charge is 0.295 e. The molecule has 1 N–H and O–H groups in total. The number of halogens is 1. The number of para-hydroxylation sites is 1. The zero-order chi connectivity index (χ0) is 24.4. The summed E-state index contributed by atoms with van der Waals surface area (Å²) in [7, 11) is 1.75. The highest BCUT2D eigenvalue weighted by molar-refractivity contribution is 8.26. The number of hydrogen-bond acceptors (Lipinski definition) is 5. The van der Waals surface area contributed by atoms with Crippen LogP contribution >= 0.6 is 35.6 Å². The number of aromatic nitrogens is 2. The van der Waals surface area contributed by atoms with Crippen molar-refractivity contribution in [3.63, 3.8) is 0 Å². The highest BCUT2D eigenvalue weighted by Crippen LogP contribution is 2.33. The number of amides is 2. The number of rotatable bonds is 6. The number of carbonyl (C=O) groups is 2. The van der Waals surface area contributed by atoms with Crippen LogP contribution in [0.25, 0.3) is 11.8 Å². The molecule has 0 radical (unpaired) electrons. The summed E-state index contributed by atoms with van der Waals surface area (Å²) in [5, 5.41) is 3.24. The highest BCUT2D eigenvalue weighted by Gasteiger charge is 2.32. The number of benzene rings is 2. The molecule has 1 fully saturated rings. The van der Waals surface area contributed by atoms with Crippen LogP contribution in [0.4, 0.5) is 5.69 Å². The molecule has 1 aromatic heterocycles. The summed E-state index contributed by atoms with van der Waals surface area (Å²) in [5.74, 6) is -0.653. The number of thiocarbonyl (C=S) groups is 1. The lowest BCUT2D eigenvalue weighted by Gasteiger charge is -2.14. The van der Waals surface area contributed by atoms with Crippen molar-refractivity contribution in [1.82, 2.24) is 14.3 Å². The first-order valence-corrected chi connectivity index (χ1v) is 12.0. The van der Waals surface area contributed by atoms with Gasteiger partial charge in [-0.1, -0.05) is 72.0 Å². The third-order valence-electron chi connectivity index (χ3n) is 5.45. The largest absolute Gasteiger partial charge is 0.320 e. The van der Waals surface area contributed by atoms with Crippen LogP contribution < -0.4 is 10.9 Å². The fourth-order valence-electron chi connectivity index (χ4n) is 3.55. The normalized spacial score (nSPS) is 14.8. The van der Waals surface area contributed by atoms with Crippen molar-refractivity contribution in [2.45, 2.75) is 13.3 Å². The molecule has 34 heavy (non-hydrogen) atoms. The molecular weight excluding hydrogens is 492 g/mol. The Morgan fingerprint density at radius 3 is 2.50 bits per heavy atom. The van der Waals surface area contributed by atoms with Gasteiger partial charge >= 0.3 is 0 Å². The van der Waals surface area contributed by atoms with Crippen molar-refractivity contribution in [2.24, 2.45) is 7.05 Å². The summed E-state index contributed by atoms with van der Waals surface area (Å²) in [5.41, 5.74) is 1.92. The maximum atomic E-state index is 13.0. The van der Waals surface area contributed by atoms with E-state index in [2.05, 4.69) is 5.32 Å². The van der Waals surface area contributed by atoms with Gasteiger partial charge in [0.1, 0.15) is 10.0 Å². The van der Waals surface area contributed by atoms with Crippen molar-refractivity contribution >= 4 is 63.5 Å². The maximum absolute atomic E-state index is 13.0. The van der Waals surface area contributed by atoms with Gasteiger partial charge in [0.25, 0.3) is 11.5 Å².